The first-order valence-electron chi connectivity index (χ1n) is 5.79. The van der Waals surface area contributed by atoms with E-state index in [4.69, 9.17) is 21.1 Å². The van der Waals surface area contributed by atoms with Crippen LogP contribution in [-0.4, -0.2) is 20.3 Å². The lowest BCUT2D eigenvalue weighted by Crippen LogP contribution is -2.32. The standard InChI is InChI=1S/C13H13ClFNO3/c1-18-11-8(13(16-7-17)4-3-5-13)6-9(14)12(19-2)10(11)15/h6H,3-5H2,1-2H3. The second kappa shape index (κ2) is 5.19. The minimum atomic E-state index is -0.774. The van der Waals surface area contributed by atoms with E-state index in [0.29, 0.717) is 18.4 Å². The Morgan fingerprint density at radius 2 is 2.00 bits per heavy atom. The minimum Gasteiger partial charge on any atom is -0.493 e. The van der Waals surface area contributed by atoms with Crippen molar-refractivity contribution in [3.05, 3.63) is 22.5 Å². The monoisotopic (exact) mass is 285 g/mol. The Morgan fingerprint density at radius 1 is 1.37 bits per heavy atom. The molecule has 0 bridgehead atoms. The number of hydrogen-bond acceptors (Lipinski definition) is 4. The van der Waals surface area contributed by atoms with Crippen LogP contribution in [0.25, 0.3) is 0 Å². The number of aliphatic imine (C=N–C) groups is 1. The van der Waals surface area contributed by atoms with Gasteiger partial charge in [-0.15, -0.1) is 0 Å². The molecule has 1 aliphatic carbocycles. The molecule has 0 amide bonds. The van der Waals surface area contributed by atoms with Crippen LogP contribution in [-0.2, 0) is 10.3 Å². The Bertz CT molecular complexity index is 551. The molecule has 1 aromatic rings. The largest absolute Gasteiger partial charge is 0.493 e. The van der Waals surface area contributed by atoms with Gasteiger partial charge in [0.15, 0.2) is 11.5 Å². The maximum Gasteiger partial charge on any atom is 0.235 e. The topological polar surface area (TPSA) is 47.9 Å². The van der Waals surface area contributed by atoms with Crippen LogP contribution >= 0.6 is 11.6 Å². The third kappa shape index (κ3) is 2.09. The lowest BCUT2D eigenvalue weighted by molar-refractivity contribution is 0.241. The SMILES string of the molecule is COc1c(Cl)cc(C2(N=C=O)CCC2)c(OC)c1F. The van der Waals surface area contributed by atoms with E-state index in [0.717, 1.165) is 6.42 Å². The maximum atomic E-state index is 14.3. The molecule has 2 rings (SSSR count). The van der Waals surface area contributed by atoms with Gasteiger partial charge in [-0.05, 0) is 25.3 Å². The van der Waals surface area contributed by atoms with Gasteiger partial charge >= 0.3 is 0 Å². The molecular formula is C13H13ClFNO3. The summed E-state index contributed by atoms with van der Waals surface area (Å²) in [4.78, 5) is 14.4. The Balaban J connectivity index is 2.66. The summed E-state index contributed by atoms with van der Waals surface area (Å²) in [6, 6.07) is 1.54. The summed E-state index contributed by atoms with van der Waals surface area (Å²) in [5.41, 5.74) is -0.308. The minimum absolute atomic E-state index is 0.0138. The number of halogens is 2. The molecule has 0 unspecified atom stereocenters. The fourth-order valence-electron chi connectivity index (χ4n) is 2.36. The zero-order chi connectivity index (χ0) is 14.0. The van der Waals surface area contributed by atoms with Crippen molar-refractivity contribution in [3.63, 3.8) is 0 Å². The summed E-state index contributed by atoms with van der Waals surface area (Å²) >= 11 is 5.99. The van der Waals surface area contributed by atoms with Crippen molar-refractivity contribution in [3.8, 4) is 11.5 Å². The van der Waals surface area contributed by atoms with E-state index >= 15 is 0 Å². The fraction of sp³-hybridized carbons (Fsp3) is 0.462. The second-order valence-corrected chi connectivity index (χ2v) is 4.78. The van der Waals surface area contributed by atoms with E-state index in [-0.39, 0.29) is 16.5 Å². The highest BCUT2D eigenvalue weighted by Crippen LogP contribution is 2.51. The van der Waals surface area contributed by atoms with Gasteiger partial charge in [-0.3, -0.25) is 0 Å². The number of methoxy groups -OCH3 is 2. The van der Waals surface area contributed by atoms with Gasteiger partial charge in [0.05, 0.1) is 19.2 Å². The Kier molecular flexibility index (Phi) is 3.78. The predicted molar refractivity (Wildman–Crippen MR) is 68.2 cm³/mol. The molecule has 4 nitrogen and oxygen atoms in total. The van der Waals surface area contributed by atoms with Crippen LogP contribution in [0.1, 0.15) is 24.8 Å². The molecule has 19 heavy (non-hydrogen) atoms. The number of ether oxygens (including phenoxy) is 2. The first-order chi connectivity index (χ1) is 9.09. The molecule has 1 aliphatic rings. The van der Waals surface area contributed by atoms with Gasteiger partial charge in [0.2, 0.25) is 11.9 Å². The molecule has 6 heteroatoms. The molecule has 1 aromatic carbocycles. The molecule has 0 aromatic heterocycles. The number of benzene rings is 1. The van der Waals surface area contributed by atoms with Crippen molar-refractivity contribution in [1.82, 2.24) is 0 Å². The van der Waals surface area contributed by atoms with Crippen LogP contribution in [0.4, 0.5) is 4.39 Å². The number of carbonyl (C=O) groups excluding carboxylic acids is 1. The highest BCUT2D eigenvalue weighted by molar-refractivity contribution is 6.32. The van der Waals surface area contributed by atoms with Crippen LogP contribution in [0, 0.1) is 5.82 Å². The van der Waals surface area contributed by atoms with E-state index in [1.165, 1.54) is 14.2 Å². The molecule has 0 radical (unpaired) electrons. The first-order valence-corrected chi connectivity index (χ1v) is 6.17. The van der Waals surface area contributed by atoms with Crippen LogP contribution in [0.2, 0.25) is 5.02 Å². The normalized spacial score (nSPS) is 16.2. The Morgan fingerprint density at radius 3 is 2.42 bits per heavy atom. The van der Waals surface area contributed by atoms with Crippen molar-refractivity contribution >= 4 is 17.7 Å². The van der Waals surface area contributed by atoms with Crippen LogP contribution in [0.3, 0.4) is 0 Å². The number of nitrogens with zero attached hydrogens (tertiary/aromatic N) is 1. The van der Waals surface area contributed by atoms with Crippen molar-refractivity contribution in [2.24, 2.45) is 4.99 Å². The molecule has 0 heterocycles. The average Bonchev–Trinajstić information content (AvgIpc) is 2.34. The smallest absolute Gasteiger partial charge is 0.235 e. The van der Waals surface area contributed by atoms with Gasteiger partial charge in [-0.25, -0.2) is 4.79 Å². The maximum absolute atomic E-state index is 14.3. The average molecular weight is 286 g/mol. The van der Waals surface area contributed by atoms with Gasteiger partial charge in [0.25, 0.3) is 0 Å². The quantitative estimate of drug-likeness (QED) is 0.630. The lowest BCUT2D eigenvalue weighted by Gasteiger charge is -2.38. The van der Waals surface area contributed by atoms with E-state index in [1.54, 1.807) is 12.1 Å². The van der Waals surface area contributed by atoms with E-state index in [9.17, 15) is 9.18 Å². The molecule has 1 fully saturated rings. The van der Waals surface area contributed by atoms with Crippen molar-refractivity contribution in [2.45, 2.75) is 24.8 Å². The van der Waals surface area contributed by atoms with Gasteiger partial charge < -0.3 is 9.47 Å². The summed E-state index contributed by atoms with van der Waals surface area (Å²) in [6.45, 7) is 0. The molecule has 0 spiro atoms. The van der Waals surface area contributed by atoms with Gasteiger partial charge in [-0.2, -0.15) is 9.38 Å². The molecule has 1 saturated carbocycles. The van der Waals surface area contributed by atoms with Gasteiger partial charge in [0, 0.05) is 5.56 Å². The van der Waals surface area contributed by atoms with Gasteiger partial charge in [-0.1, -0.05) is 11.6 Å². The Labute approximate surface area is 115 Å². The number of isocyanates is 1. The molecule has 102 valence electrons. The molecule has 0 saturated heterocycles. The van der Waals surface area contributed by atoms with E-state index in [2.05, 4.69) is 4.99 Å². The molecule has 0 N–H and O–H groups in total. The van der Waals surface area contributed by atoms with Crippen molar-refractivity contribution in [2.75, 3.05) is 14.2 Å². The van der Waals surface area contributed by atoms with Gasteiger partial charge in [0.1, 0.15) is 5.54 Å². The molecule has 0 aliphatic heterocycles. The molecular weight excluding hydrogens is 273 g/mol. The van der Waals surface area contributed by atoms with E-state index < -0.39 is 11.4 Å². The lowest BCUT2D eigenvalue weighted by atomic mass is 9.72. The molecule has 0 atom stereocenters. The highest BCUT2D eigenvalue weighted by atomic mass is 35.5. The van der Waals surface area contributed by atoms with Crippen LogP contribution in [0.15, 0.2) is 11.1 Å². The van der Waals surface area contributed by atoms with Crippen LogP contribution in [0.5, 0.6) is 11.5 Å². The van der Waals surface area contributed by atoms with Crippen molar-refractivity contribution < 1.29 is 18.7 Å². The zero-order valence-corrected chi connectivity index (χ0v) is 11.4. The summed E-state index contributed by atoms with van der Waals surface area (Å²) in [6.07, 6.45) is 3.73. The zero-order valence-electron chi connectivity index (χ0n) is 10.6. The second-order valence-electron chi connectivity index (χ2n) is 4.37. The fourth-order valence-corrected chi connectivity index (χ4v) is 2.63. The predicted octanol–water partition coefficient (Wildman–Crippen LogP) is 3.21. The number of rotatable bonds is 4. The highest BCUT2D eigenvalue weighted by Gasteiger charge is 2.43. The summed E-state index contributed by atoms with van der Waals surface area (Å²) < 4.78 is 24.3. The van der Waals surface area contributed by atoms with Crippen LogP contribution < -0.4 is 9.47 Å². The summed E-state index contributed by atoms with van der Waals surface area (Å²) in [7, 11) is 2.68. The summed E-state index contributed by atoms with van der Waals surface area (Å²) in [5.74, 6) is -0.744. The van der Waals surface area contributed by atoms with Crippen molar-refractivity contribution in [1.29, 1.82) is 0 Å². The first kappa shape index (κ1) is 13.8. The third-order valence-corrected chi connectivity index (χ3v) is 3.76. The summed E-state index contributed by atoms with van der Waals surface area (Å²) in [5, 5.41) is 0.128. The van der Waals surface area contributed by atoms with E-state index in [1.807, 2.05) is 0 Å². The Hall–Kier alpha value is -1.58. The third-order valence-electron chi connectivity index (χ3n) is 3.48. The number of hydrogen-bond donors (Lipinski definition) is 0.